The van der Waals surface area contributed by atoms with E-state index in [1.165, 1.54) is 0 Å². The van der Waals surface area contributed by atoms with Crippen LogP contribution in [0.1, 0.15) is 0 Å². The Kier molecular flexibility index (Phi) is 10.2. The van der Waals surface area contributed by atoms with Crippen LogP contribution in [0.3, 0.4) is 0 Å². The SMILES string of the molecule is C[N+](C)(C)C.O.[Br-]. The molecule has 0 unspecified atom stereocenters. The first-order valence-electron chi connectivity index (χ1n) is 1.79. The van der Waals surface area contributed by atoms with Gasteiger partial charge in [-0.1, -0.05) is 0 Å². The Morgan fingerprint density at radius 1 is 0.857 bits per heavy atom. The minimum absolute atomic E-state index is 0. The standard InChI is InChI=1S/C4H12N.BrH.H2O/c1-5(2,3)4;;/h1-4H3;1H;1H2/q+1;;/p-1. The Labute approximate surface area is 55.8 Å². The summed E-state index contributed by atoms with van der Waals surface area (Å²) < 4.78 is 1.00. The van der Waals surface area contributed by atoms with Gasteiger partial charge < -0.3 is 26.9 Å². The Hall–Kier alpha value is 0.400. The van der Waals surface area contributed by atoms with Crippen molar-refractivity contribution in [3.63, 3.8) is 0 Å². The van der Waals surface area contributed by atoms with Crippen LogP contribution in [0, 0.1) is 0 Å². The van der Waals surface area contributed by atoms with Crippen molar-refractivity contribution in [3.8, 4) is 0 Å². The van der Waals surface area contributed by atoms with Crippen molar-refractivity contribution in [2.75, 3.05) is 28.2 Å². The Morgan fingerprint density at radius 3 is 0.857 bits per heavy atom. The lowest BCUT2D eigenvalue weighted by Crippen LogP contribution is -3.00. The number of rotatable bonds is 0. The second kappa shape index (κ2) is 4.56. The predicted molar refractivity (Wildman–Crippen MR) is 27.6 cm³/mol. The van der Waals surface area contributed by atoms with Gasteiger partial charge in [0.25, 0.3) is 0 Å². The van der Waals surface area contributed by atoms with Gasteiger partial charge in [0, 0.05) is 0 Å². The second-order valence-electron chi connectivity index (χ2n) is 2.68. The fourth-order valence-corrected chi connectivity index (χ4v) is 0. The molecule has 0 aliphatic carbocycles. The molecular weight excluding hydrogens is 158 g/mol. The maximum atomic E-state index is 2.12. The molecule has 3 heteroatoms. The third kappa shape index (κ3) is 774. The first-order valence-corrected chi connectivity index (χ1v) is 1.79. The van der Waals surface area contributed by atoms with Gasteiger partial charge in [-0.25, -0.2) is 0 Å². The molecule has 0 saturated heterocycles. The van der Waals surface area contributed by atoms with Gasteiger partial charge >= 0.3 is 0 Å². The maximum absolute atomic E-state index is 2.12. The van der Waals surface area contributed by atoms with E-state index >= 15 is 0 Å². The minimum atomic E-state index is 0. The molecule has 0 fully saturated rings. The summed E-state index contributed by atoms with van der Waals surface area (Å²) in [7, 11) is 8.50. The number of hydrogen-bond donors (Lipinski definition) is 0. The van der Waals surface area contributed by atoms with E-state index in [0.717, 1.165) is 4.48 Å². The molecule has 0 aliphatic heterocycles. The number of halogens is 1. The molecule has 0 aliphatic rings. The molecular formula is C4H14BrNO. The van der Waals surface area contributed by atoms with Crippen LogP contribution < -0.4 is 17.0 Å². The van der Waals surface area contributed by atoms with Gasteiger partial charge in [-0.2, -0.15) is 0 Å². The summed E-state index contributed by atoms with van der Waals surface area (Å²) in [6.45, 7) is 0. The third-order valence-electron chi connectivity index (χ3n) is 0. The summed E-state index contributed by atoms with van der Waals surface area (Å²) >= 11 is 0. The first-order chi connectivity index (χ1) is 2.00. The van der Waals surface area contributed by atoms with Gasteiger partial charge in [-0.15, -0.1) is 0 Å². The second-order valence-corrected chi connectivity index (χ2v) is 2.68. The Bertz CT molecular complexity index is 27.2. The van der Waals surface area contributed by atoms with E-state index in [2.05, 4.69) is 28.2 Å². The van der Waals surface area contributed by atoms with E-state index in [9.17, 15) is 0 Å². The molecule has 48 valence electrons. The van der Waals surface area contributed by atoms with E-state index in [0.29, 0.717) is 0 Å². The monoisotopic (exact) mass is 171 g/mol. The van der Waals surface area contributed by atoms with Crippen LogP contribution in [0.5, 0.6) is 0 Å². The molecule has 0 rings (SSSR count). The number of nitrogens with zero attached hydrogens (tertiary/aromatic N) is 1. The van der Waals surface area contributed by atoms with Crippen LogP contribution in [0.4, 0.5) is 0 Å². The van der Waals surface area contributed by atoms with Crippen LogP contribution in [0.2, 0.25) is 0 Å². The van der Waals surface area contributed by atoms with Gasteiger partial charge in [0.1, 0.15) is 0 Å². The van der Waals surface area contributed by atoms with E-state index in [1.54, 1.807) is 0 Å². The summed E-state index contributed by atoms with van der Waals surface area (Å²) in [6.07, 6.45) is 0. The number of hydrogen-bond acceptors (Lipinski definition) is 0. The molecule has 7 heavy (non-hydrogen) atoms. The number of quaternary nitrogens is 1. The molecule has 0 aromatic rings. The summed E-state index contributed by atoms with van der Waals surface area (Å²) in [5, 5.41) is 0. The third-order valence-corrected chi connectivity index (χ3v) is 0. The van der Waals surface area contributed by atoms with Gasteiger partial charge in [0.2, 0.25) is 0 Å². The molecule has 0 aromatic heterocycles. The minimum Gasteiger partial charge on any atom is -1.00 e. The highest BCUT2D eigenvalue weighted by atomic mass is 79.9. The van der Waals surface area contributed by atoms with Crippen molar-refractivity contribution in [3.05, 3.63) is 0 Å². The van der Waals surface area contributed by atoms with Crippen molar-refractivity contribution >= 4 is 0 Å². The summed E-state index contributed by atoms with van der Waals surface area (Å²) in [4.78, 5) is 0. The molecule has 0 aromatic carbocycles. The van der Waals surface area contributed by atoms with Crippen molar-refractivity contribution in [1.29, 1.82) is 0 Å². The molecule has 0 radical (unpaired) electrons. The molecule has 0 saturated carbocycles. The zero-order chi connectivity index (χ0) is 4.50. The summed E-state index contributed by atoms with van der Waals surface area (Å²) in [5.41, 5.74) is 0. The average molecular weight is 172 g/mol. The topological polar surface area (TPSA) is 31.5 Å². The summed E-state index contributed by atoms with van der Waals surface area (Å²) in [5.74, 6) is 0. The van der Waals surface area contributed by atoms with Crippen LogP contribution in [-0.2, 0) is 0 Å². The first kappa shape index (κ1) is 15.7. The van der Waals surface area contributed by atoms with E-state index < -0.39 is 0 Å². The lowest BCUT2D eigenvalue weighted by Gasteiger charge is -2.14. The maximum Gasteiger partial charge on any atom is 0.0675 e. The highest BCUT2D eigenvalue weighted by molar-refractivity contribution is 3.87. The van der Waals surface area contributed by atoms with Gasteiger partial charge in [0.15, 0.2) is 0 Å². The van der Waals surface area contributed by atoms with Crippen LogP contribution in [-0.4, -0.2) is 38.1 Å². The molecule has 0 amide bonds. The van der Waals surface area contributed by atoms with Crippen LogP contribution in [0.25, 0.3) is 0 Å². The highest BCUT2D eigenvalue weighted by Gasteiger charge is 1.88. The molecule has 0 spiro atoms. The molecule has 2 N–H and O–H groups in total. The summed E-state index contributed by atoms with van der Waals surface area (Å²) in [6, 6.07) is 0. The van der Waals surface area contributed by atoms with E-state index in [4.69, 9.17) is 0 Å². The smallest absolute Gasteiger partial charge is 0.0675 e. The molecule has 2 nitrogen and oxygen atoms in total. The quantitative estimate of drug-likeness (QED) is 0.340. The normalized spacial score (nSPS) is 8.57. The Morgan fingerprint density at radius 2 is 0.857 bits per heavy atom. The fraction of sp³-hybridized carbons (Fsp3) is 1.00. The average Bonchev–Trinajstić information content (AvgIpc) is 0.722. The van der Waals surface area contributed by atoms with Crippen molar-refractivity contribution in [2.45, 2.75) is 0 Å². The van der Waals surface area contributed by atoms with Gasteiger partial charge in [-0.3, -0.25) is 0 Å². The lowest BCUT2D eigenvalue weighted by molar-refractivity contribution is -0.849. The molecule has 0 heterocycles. The van der Waals surface area contributed by atoms with E-state index in [-0.39, 0.29) is 22.5 Å². The van der Waals surface area contributed by atoms with Crippen molar-refractivity contribution in [2.24, 2.45) is 0 Å². The van der Waals surface area contributed by atoms with Gasteiger partial charge in [0.05, 0.1) is 28.2 Å². The molecule has 0 atom stereocenters. The highest BCUT2D eigenvalue weighted by Crippen LogP contribution is 1.73. The predicted octanol–water partition coefficient (Wildman–Crippen LogP) is -3.50. The molecule has 0 bridgehead atoms. The van der Waals surface area contributed by atoms with E-state index in [1.807, 2.05) is 0 Å². The zero-order valence-corrected chi connectivity index (χ0v) is 6.91. The zero-order valence-electron chi connectivity index (χ0n) is 5.33. The van der Waals surface area contributed by atoms with Crippen molar-refractivity contribution < 1.29 is 26.9 Å². The largest absolute Gasteiger partial charge is 1.00 e. The van der Waals surface area contributed by atoms with Crippen LogP contribution >= 0.6 is 0 Å². The lowest BCUT2D eigenvalue weighted by atomic mass is 10.8. The van der Waals surface area contributed by atoms with Crippen molar-refractivity contribution in [1.82, 2.24) is 0 Å². The fourth-order valence-electron chi connectivity index (χ4n) is 0. The van der Waals surface area contributed by atoms with Gasteiger partial charge in [-0.05, 0) is 0 Å². The van der Waals surface area contributed by atoms with Crippen LogP contribution in [0.15, 0.2) is 0 Å². The Balaban J connectivity index is -0.0000000800.